The normalized spacial score (nSPS) is 21.4. The van der Waals surface area contributed by atoms with Crippen LogP contribution >= 0.6 is 0 Å². The van der Waals surface area contributed by atoms with Gasteiger partial charge in [-0.1, -0.05) is 12.8 Å². The predicted molar refractivity (Wildman–Crippen MR) is 65.4 cm³/mol. The summed E-state index contributed by atoms with van der Waals surface area (Å²) < 4.78 is 13.1. The van der Waals surface area contributed by atoms with E-state index < -0.39 is 0 Å². The molecule has 0 spiro atoms. The van der Waals surface area contributed by atoms with Gasteiger partial charge in [-0.05, 0) is 25.8 Å². The molecule has 4 heteroatoms. The van der Waals surface area contributed by atoms with E-state index >= 15 is 0 Å². The van der Waals surface area contributed by atoms with Gasteiger partial charge in [0.1, 0.15) is 11.6 Å². The molecule has 1 saturated heterocycles. The second-order valence-electron chi connectivity index (χ2n) is 4.69. The van der Waals surface area contributed by atoms with Crippen molar-refractivity contribution in [2.75, 3.05) is 11.4 Å². The lowest BCUT2D eigenvalue weighted by molar-refractivity contribution is 0.280. The average Bonchev–Trinajstić information content (AvgIpc) is 2.54. The van der Waals surface area contributed by atoms with E-state index in [0.29, 0.717) is 11.6 Å². The van der Waals surface area contributed by atoms with Gasteiger partial charge in [0.2, 0.25) is 0 Å². The van der Waals surface area contributed by atoms with Gasteiger partial charge in [0.25, 0.3) is 0 Å². The van der Waals surface area contributed by atoms with Crippen LogP contribution in [-0.2, 0) is 6.61 Å². The van der Waals surface area contributed by atoms with Crippen molar-refractivity contribution < 1.29 is 9.50 Å². The summed E-state index contributed by atoms with van der Waals surface area (Å²) in [5.74, 6) is 0.351. The number of hydrogen-bond donors (Lipinski definition) is 1. The number of aliphatic hydroxyl groups is 1. The average molecular weight is 238 g/mol. The number of aromatic nitrogens is 1. The fourth-order valence-electron chi connectivity index (χ4n) is 2.44. The van der Waals surface area contributed by atoms with Gasteiger partial charge in [-0.15, -0.1) is 0 Å². The van der Waals surface area contributed by atoms with Crippen LogP contribution in [0.5, 0.6) is 0 Å². The van der Waals surface area contributed by atoms with Crippen molar-refractivity contribution in [3.63, 3.8) is 0 Å². The zero-order valence-electron chi connectivity index (χ0n) is 10.2. The van der Waals surface area contributed by atoms with E-state index in [1.807, 2.05) is 0 Å². The van der Waals surface area contributed by atoms with E-state index in [9.17, 15) is 9.50 Å². The first-order chi connectivity index (χ1) is 8.22. The second kappa shape index (κ2) is 5.45. The molecule has 3 nitrogen and oxygen atoms in total. The number of halogens is 1. The van der Waals surface area contributed by atoms with E-state index in [1.54, 1.807) is 0 Å². The molecule has 1 aliphatic heterocycles. The van der Waals surface area contributed by atoms with Gasteiger partial charge >= 0.3 is 0 Å². The molecular weight excluding hydrogens is 219 g/mol. The molecule has 1 aromatic rings. The first-order valence-electron chi connectivity index (χ1n) is 6.24. The zero-order valence-corrected chi connectivity index (χ0v) is 10.2. The number of rotatable bonds is 2. The molecule has 0 amide bonds. The Bertz CT molecular complexity index is 384. The summed E-state index contributed by atoms with van der Waals surface area (Å²) in [6.07, 6.45) is 5.95. The molecule has 0 radical (unpaired) electrons. The molecular formula is C13H19FN2O. The van der Waals surface area contributed by atoms with Crippen LogP contribution in [0.2, 0.25) is 0 Å². The van der Waals surface area contributed by atoms with Crippen LogP contribution < -0.4 is 4.90 Å². The molecule has 0 aliphatic carbocycles. The van der Waals surface area contributed by atoms with Crippen LogP contribution in [0, 0.1) is 5.82 Å². The zero-order chi connectivity index (χ0) is 12.3. The summed E-state index contributed by atoms with van der Waals surface area (Å²) in [6.45, 7) is 2.94. The van der Waals surface area contributed by atoms with Crippen LogP contribution in [0.4, 0.5) is 10.2 Å². The SMILES string of the molecule is CC1CCCCCN1c1ncc(F)cc1CO. The van der Waals surface area contributed by atoms with E-state index in [-0.39, 0.29) is 12.4 Å². The lowest BCUT2D eigenvalue weighted by Gasteiger charge is -2.29. The molecule has 1 unspecified atom stereocenters. The van der Waals surface area contributed by atoms with Gasteiger partial charge in [0.05, 0.1) is 12.8 Å². The molecule has 2 heterocycles. The molecule has 94 valence electrons. The Morgan fingerprint density at radius 1 is 1.47 bits per heavy atom. The number of hydrogen-bond acceptors (Lipinski definition) is 3. The minimum Gasteiger partial charge on any atom is -0.392 e. The third-order valence-corrected chi connectivity index (χ3v) is 3.40. The summed E-state index contributed by atoms with van der Waals surface area (Å²) in [5.41, 5.74) is 0.582. The molecule has 1 aromatic heterocycles. The fourth-order valence-corrected chi connectivity index (χ4v) is 2.44. The number of pyridine rings is 1. The highest BCUT2D eigenvalue weighted by Crippen LogP contribution is 2.25. The van der Waals surface area contributed by atoms with Crippen LogP contribution in [0.3, 0.4) is 0 Å². The quantitative estimate of drug-likeness (QED) is 0.860. The summed E-state index contributed by atoms with van der Waals surface area (Å²) in [7, 11) is 0. The molecule has 1 fully saturated rings. The highest BCUT2D eigenvalue weighted by molar-refractivity contribution is 5.47. The van der Waals surface area contributed by atoms with Crippen molar-refractivity contribution in [2.24, 2.45) is 0 Å². The van der Waals surface area contributed by atoms with Crippen molar-refractivity contribution >= 4 is 5.82 Å². The smallest absolute Gasteiger partial charge is 0.142 e. The van der Waals surface area contributed by atoms with Gasteiger partial charge in [-0.2, -0.15) is 0 Å². The van der Waals surface area contributed by atoms with E-state index in [2.05, 4.69) is 16.8 Å². The Labute approximate surface area is 101 Å². The van der Waals surface area contributed by atoms with Crippen LogP contribution in [-0.4, -0.2) is 22.7 Å². The van der Waals surface area contributed by atoms with Gasteiger partial charge in [-0.3, -0.25) is 0 Å². The standard InChI is InChI=1S/C13H19FN2O/c1-10-5-3-2-4-6-16(10)13-11(9-17)7-12(14)8-15-13/h7-8,10,17H,2-6,9H2,1H3. The van der Waals surface area contributed by atoms with Crippen LogP contribution in [0.25, 0.3) is 0 Å². The molecule has 1 atom stereocenters. The first kappa shape index (κ1) is 12.3. The molecule has 0 saturated carbocycles. The third-order valence-electron chi connectivity index (χ3n) is 3.40. The minimum absolute atomic E-state index is 0.163. The molecule has 0 bridgehead atoms. The first-order valence-corrected chi connectivity index (χ1v) is 6.24. The summed E-state index contributed by atoms with van der Waals surface area (Å²) >= 11 is 0. The van der Waals surface area contributed by atoms with Crippen LogP contribution in [0.15, 0.2) is 12.3 Å². The largest absolute Gasteiger partial charge is 0.392 e. The lowest BCUT2D eigenvalue weighted by atomic mass is 10.1. The van der Waals surface area contributed by atoms with Gasteiger partial charge in [0, 0.05) is 18.2 Å². The molecule has 1 aliphatic rings. The second-order valence-corrected chi connectivity index (χ2v) is 4.69. The monoisotopic (exact) mass is 238 g/mol. The minimum atomic E-state index is -0.389. The summed E-state index contributed by atoms with van der Waals surface area (Å²) in [4.78, 5) is 6.35. The Morgan fingerprint density at radius 3 is 3.06 bits per heavy atom. The van der Waals surface area contributed by atoms with Crippen molar-refractivity contribution in [1.29, 1.82) is 0 Å². The van der Waals surface area contributed by atoms with Crippen molar-refractivity contribution in [3.8, 4) is 0 Å². The third kappa shape index (κ3) is 2.75. The lowest BCUT2D eigenvalue weighted by Crippen LogP contribution is -2.34. The van der Waals surface area contributed by atoms with Gasteiger partial charge in [0.15, 0.2) is 0 Å². The van der Waals surface area contributed by atoms with Crippen molar-refractivity contribution in [3.05, 3.63) is 23.6 Å². The maximum Gasteiger partial charge on any atom is 0.142 e. The Morgan fingerprint density at radius 2 is 2.29 bits per heavy atom. The van der Waals surface area contributed by atoms with Gasteiger partial charge in [-0.25, -0.2) is 9.37 Å². The maximum absolute atomic E-state index is 13.1. The highest BCUT2D eigenvalue weighted by atomic mass is 19.1. The predicted octanol–water partition coefficient (Wildman–Crippen LogP) is 2.48. The Kier molecular flexibility index (Phi) is 3.94. The Balaban J connectivity index is 2.30. The summed E-state index contributed by atoms with van der Waals surface area (Å²) in [5, 5.41) is 9.30. The number of anilines is 1. The Hall–Kier alpha value is -1.16. The van der Waals surface area contributed by atoms with E-state index in [0.717, 1.165) is 25.2 Å². The maximum atomic E-state index is 13.1. The van der Waals surface area contributed by atoms with Crippen molar-refractivity contribution in [1.82, 2.24) is 4.98 Å². The molecule has 2 rings (SSSR count). The van der Waals surface area contributed by atoms with Crippen molar-refractivity contribution in [2.45, 2.75) is 45.3 Å². The van der Waals surface area contributed by atoms with E-state index in [4.69, 9.17) is 0 Å². The fraction of sp³-hybridized carbons (Fsp3) is 0.615. The number of nitrogens with zero attached hydrogens (tertiary/aromatic N) is 2. The van der Waals surface area contributed by atoms with E-state index in [1.165, 1.54) is 25.1 Å². The summed E-state index contributed by atoms with van der Waals surface area (Å²) in [6, 6.07) is 1.78. The topological polar surface area (TPSA) is 36.4 Å². The van der Waals surface area contributed by atoms with Gasteiger partial charge < -0.3 is 10.0 Å². The van der Waals surface area contributed by atoms with Crippen LogP contribution in [0.1, 0.15) is 38.2 Å². The number of aliphatic hydroxyl groups excluding tert-OH is 1. The molecule has 0 aromatic carbocycles. The molecule has 1 N–H and O–H groups in total. The molecule has 17 heavy (non-hydrogen) atoms. The highest BCUT2D eigenvalue weighted by Gasteiger charge is 2.20.